The minimum Gasteiger partial charge on any atom is -0.299 e. The first-order valence-corrected chi connectivity index (χ1v) is 8.30. The third kappa shape index (κ3) is 3.53. The number of hydrogen-bond donors (Lipinski definition) is 0. The first kappa shape index (κ1) is 16.2. The molecule has 1 saturated carbocycles. The van der Waals surface area contributed by atoms with Crippen LogP contribution in [-0.2, 0) is 14.4 Å². The van der Waals surface area contributed by atoms with Crippen LogP contribution in [0.15, 0.2) is 0 Å². The number of imide groups is 1. The Bertz CT molecular complexity index is 422. The van der Waals surface area contributed by atoms with E-state index in [1.54, 1.807) is 0 Å². The van der Waals surface area contributed by atoms with Crippen LogP contribution in [0.2, 0.25) is 0 Å². The van der Waals surface area contributed by atoms with Crippen molar-refractivity contribution in [2.45, 2.75) is 59.3 Å². The zero-order valence-electron chi connectivity index (χ0n) is 13.4. The Labute approximate surface area is 127 Å². The smallest absolute Gasteiger partial charge is 0.233 e. The van der Waals surface area contributed by atoms with Gasteiger partial charge in [-0.3, -0.25) is 19.3 Å². The summed E-state index contributed by atoms with van der Waals surface area (Å²) in [6.45, 7) is 6.48. The summed E-state index contributed by atoms with van der Waals surface area (Å²) in [4.78, 5) is 37.5. The van der Waals surface area contributed by atoms with E-state index >= 15 is 0 Å². The lowest BCUT2D eigenvalue weighted by Crippen LogP contribution is -2.37. The van der Waals surface area contributed by atoms with Crippen molar-refractivity contribution in [1.82, 2.24) is 4.90 Å². The van der Waals surface area contributed by atoms with Gasteiger partial charge in [0.1, 0.15) is 5.78 Å². The third-order valence-electron chi connectivity index (χ3n) is 5.17. The Balaban J connectivity index is 1.88. The third-order valence-corrected chi connectivity index (χ3v) is 5.17. The van der Waals surface area contributed by atoms with Gasteiger partial charge in [-0.15, -0.1) is 0 Å². The molecule has 1 saturated heterocycles. The molecule has 118 valence electrons. The van der Waals surface area contributed by atoms with Gasteiger partial charge in [0.2, 0.25) is 11.8 Å². The highest BCUT2D eigenvalue weighted by molar-refractivity contribution is 6.03. The fraction of sp³-hybridized carbons (Fsp3) is 0.824. The molecule has 21 heavy (non-hydrogen) atoms. The molecule has 0 bridgehead atoms. The molecule has 0 spiro atoms. The number of carbonyl (C=O) groups is 3. The number of Topliss-reactive ketones (excluding diaryl/α,β-unsaturated/α-hetero) is 1. The van der Waals surface area contributed by atoms with Gasteiger partial charge in [0.25, 0.3) is 0 Å². The lowest BCUT2D eigenvalue weighted by molar-refractivity contribution is -0.141. The second-order valence-corrected chi connectivity index (χ2v) is 6.93. The molecule has 0 aromatic carbocycles. The summed E-state index contributed by atoms with van der Waals surface area (Å²) in [6.07, 6.45) is 4.75. The van der Waals surface area contributed by atoms with Crippen molar-refractivity contribution in [2.24, 2.45) is 23.7 Å². The maximum Gasteiger partial charge on any atom is 0.233 e. The van der Waals surface area contributed by atoms with Crippen molar-refractivity contribution in [3.05, 3.63) is 0 Å². The van der Waals surface area contributed by atoms with Crippen LogP contribution >= 0.6 is 0 Å². The number of carbonyl (C=O) groups excluding carboxylic acids is 3. The summed E-state index contributed by atoms with van der Waals surface area (Å²) in [6, 6.07) is 0. The molecular weight excluding hydrogens is 266 g/mol. The monoisotopic (exact) mass is 293 g/mol. The second kappa shape index (κ2) is 6.71. The zero-order valence-corrected chi connectivity index (χ0v) is 13.4. The highest BCUT2D eigenvalue weighted by Gasteiger charge is 2.41. The predicted octanol–water partition coefficient (Wildman–Crippen LogP) is 2.80. The average molecular weight is 293 g/mol. The number of amides is 2. The lowest BCUT2D eigenvalue weighted by Gasteiger charge is -2.30. The van der Waals surface area contributed by atoms with Crippen molar-refractivity contribution in [3.63, 3.8) is 0 Å². The molecule has 1 atom stereocenters. The number of hydrogen-bond acceptors (Lipinski definition) is 3. The van der Waals surface area contributed by atoms with Crippen LogP contribution in [0.4, 0.5) is 0 Å². The first-order chi connectivity index (χ1) is 9.93. The molecule has 0 aromatic rings. The van der Waals surface area contributed by atoms with Crippen molar-refractivity contribution in [3.8, 4) is 0 Å². The van der Waals surface area contributed by atoms with Gasteiger partial charge in [-0.05, 0) is 37.5 Å². The quantitative estimate of drug-likeness (QED) is 0.732. The molecule has 4 nitrogen and oxygen atoms in total. The molecular formula is C17H27NO3. The topological polar surface area (TPSA) is 54.5 Å². The standard InChI is InChI=1S/C17H27NO3/c1-4-15(19)13-7-5-12(6-8-13)10-18-16(20)9-14(11(2)3)17(18)21/h11-14H,4-10H2,1-3H3. The molecule has 2 rings (SSSR count). The Hall–Kier alpha value is -1.19. The van der Waals surface area contributed by atoms with Crippen LogP contribution in [0, 0.1) is 23.7 Å². The molecule has 1 unspecified atom stereocenters. The Morgan fingerprint density at radius 2 is 1.81 bits per heavy atom. The van der Waals surface area contributed by atoms with E-state index in [1.807, 2.05) is 20.8 Å². The second-order valence-electron chi connectivity index (χ2n) is 6.93. The van der Waals surface area contributed by atoms with Crippen LogP contribution in [0.3, 0.4) is 0 Å². The van der Waals surface area contributed by atoms with Crippen molar-refractivity contribution in [1.29, 1.82) is 0 Å². The van der Waals surface area contributed by atoms with Gasteiger partial charge in [-0.25, -0.2) is 0 Å². The van der Waals surface area contributed by atoms with Gasteiger partial charge >= 0.3 is 0 Å². The van der Waals surface area contributed by atoms with E-state index in [-0.39, 0.29) is 29.6 Å². The van der Waals surface area contributed by atoms with Crippen molar-refractivity contribution < 1.29 is 14.4 Å². The van der Waals surface area contributed by atoms with Gasteiger partial charge in [0, 0.05) is 31.2 Å². The largest absolute Gasteiger partial charge is 0.299 e. The normalized spacial score (nSPS) is 30.3. The lowest BCUT2D eigenvalue weighted by atomic mass is 9.79. The number of ketones is 1. The Morgan fingerprint density at radius 1 is 1.19 bits per heavy atom. The minimum atomic E-state index is -0.129. The van der Waals surface area contributed by atoms with Crippen molar-refractivity contribution >= 4 is 17.6 Å². The van der Waals surface area contributed by atoms with Crippen LogP contribution in [0.25, 0.3) is 0 Å². The van der Waals surface area contributed by atoms with Gasteiger partial charge in [-0.1, -0.05) is 20.8 Å². The fourth-order valence-electron chi connectivity index (χ4n) is 3.64. The maximum absolute atomic E-state index is 12.3. The number of likely N-dealkylation sites (tertiary alicyclic amines) is 1. The first-order valence-electron chi connectivity index (χ1n) is 8.30. The van der Waals surface area contributed by atoms with E-state index in [0.717, 1.165) is 25.7 Å². The molecule has 0 radical (unpaired) electrons. The van der Waals surface area contributed by atoms with E-state index in [0.29, 0.717) is 31.1 Å². The Kier molecular flexibility index (Phi) is 5.17. The highest BCUT2D eigenvalue weighted by atomic mass is 16.2. The molecule has 1 aliphatic carbocycles. The molecule has 2 fully saturated rings. The molecule has 0 aromatic heterocycles. The summed E-state index contributed by atoms with van der Waals surface area (Å²) in [5.41, 5.74) is 0. The zero-order chi connectivity index (χ0) is 15.6. The van der Waals surface area contributed by atoms with E-state index in [2.05, 4.69) is 0 Å². The van der Waals surface area contributed by atoms with Crippen molar-refractivity contribution in [2.75, 3.05) is 6.54 Å². The summed E-state index contributed by atoms with van der Waals surface area (Å²) in [7, 11) is 0. The Morgan fingerprint density at radius 3 is 2.29 bits per heavy atom. The summed E-state index contributed by atoms with van der Waals surface area (Å²) < 4.78 is 0. The number of nitrogens with zero attached hydrogens (tertiary/aromatic N) is 1. The van der Waals surface area contributed by atoms with Gasteiger partial charge in [-0.2, -0.15) is 0 Å². The van der Waals surface area contributed by atoms with E-state index in [1.165, 1.54) is 4.90 Å². The van der Waals surface area contributed by atoms with Gasteiger partial charge in [0.05, 0.1) is 0 Å². The van der Waals surface area contributed by atoms with E-state index < -0.39 is 0 Å². The molecule has 2 amide bonds. The van der Waals surface area contributed by atoms with Crippen LogP contribution in [0.5, 0.6) is 0 Å². The summed E-state index contributed by atoms with van der Waals surface area (Å²) >= 11 is 0. The minimum absolute atomic E-state index is 0.00884. The molecule has 4 heteroatoms. The van der Waals surface area contributed by atoms with Crippen LogP contribution < -0.4 is 0 Å². The van der Waals surface area contributed by atoms with Crippen LogP contribution in [0.1, 0.15) is 59.3 Å². The molecule has 0 N–H and O–H groups in total. The molecule has 2 aliphatic rings. The predicted molar refractivity (Wildman–Crippen MR) is 80.4 cm³/mol. The molecule has 1 aliphatic heterocycles. The van der Waals surface area contributed by atoms with Gasteiger partial charge < -0.3 is 0 Å². The fourth-order valence-corrected chi connectivity index (χ4v) is 3.64. The maximum atomic E-state index is 12.3. The van der Waals surface area contributed by atoms with Gasteiger partial charge in [0.15, 0.2) is 0 Å². The number of rotatable bonds is 5. The highest BCUT2D eigenvalue weighted by Crippen LogP contribution is 2.33. The summed E-state index contributed by atoms with van der Waals surface area (Å²) in [5.74, 6) is 1.05. The van der Waals surface area contributed by atoms with Crippen LogP contribution in [-0.4, -0.2) is 29.0 Å². The molecule has 1 heterocycles. The van der Waals surface area contributed by atoms with E-state index in [9.17, 15) is 14.4 Å². The average Bonchev–Trinajstić information content (AvgIpc) is 2.75. The summed E-state index contributed by atoms with van der Waals surface area (Å²) in [5, 5.41) is 0. The SMILES string of the molecule is CCC(=O)C1CCC(CN2C(=O)CC(C(C)C)C2=O)CC1. The van der Waals surface area contributed by atoms with E-state index in [4.69, 9.17) is 0 Å².